The lowest BCUT2D eigenvalue weighted by Gasteiger charge is -2.07. The Balaban J connectivity index is 2.15. The van der Waals surface area contributed by atoms with E-state index in [1.807, 2.05) is 25.1 Å². The summed E-state index contributed by atoms with van der Waals surface area (Å²) in [5.74, 6) is 0. The molecule has 2 heterocycles. The van der Waals surface area contributed by atoms with Crippen molar-refractivity contribution in [3.05, 3.63) is 35.5 Å². The molecular formula is C12H12N2O2. The molecule has 16 heavy (non-hydrogen) atoms. The number of benzene rings is 1. The van der Waals surface area contributed by atoms with Gasteiger partial charge in [-0.3, -0.25) is 0 Å². The van der Waals surface area contributed by atoms with Crippen molar-refractivity contribution in [2.24, 2.45) is 0 Å². The summed E-state index contributed by atoms with van der Waals surface area (Å²) in [5, 5.41) is 3.96. The number of aryl methyl sites for hydroxylation is 1. The Morgan fingerprint density at radius 1 is 1.38 bits per heavy atom. The summed E-state index contributed by atoms with van der Waals surface area (Å²) in [6.07, 6.45) is -0.338. The monoisotopic (exact) mass is 216 g/mol. The molecule has 0 bridgehead atoms. The van der Waals surface area contributed by atoms with Crippen molar-refractivity contribution in [3.63, 3.8) is 0 Å². The predicted molar refractivity (Wildman–Crippen MR) is 60.3 cm³/mol. The van der Waals surface area contributed by atoms with Crippen LogP contribution in [0.3, 0.4) is 0 Å². The van der Waals surface area contributed by atoms with Gasteiger partial charge in [0.2, 0.25) is 0 Å². The van der Waals surface area contributed by atoms with Gasteiger partial charge < -0.3 is 15.0 Å². The number of rotatable bonds is 1. The van der Waals surface area contributed by atoms with Gasteiger partial charge in [-0.05, 0) is 13.0 Å². The standard InChI is InChI=1S/C12H12N2O2/c1-7-11(10-6-16-12(15)14-10)8-4-2-3-5-9(8)13-7/h2-5,10,13H,6H2,1H3,(H,14,15)/t10-/m1/s1. The average Bonchev–Trinajstić information content (AvgIpc) is 2.80. The first-order valence-corrected chi connectivity index (χ1v) is 5.26. The summed E-state index contributed by atoms with van der Waals surface area (Å²) < 4.78 is 4.93. The van der Waals surface area contributed by atoms with Gasteiger partial charge in [-0.1, -0.05) is 18.2 Å². The summed E-state index contributed by atoms with van der Waals surface area (Å²) in [5.41, 5.74) is 3.30. The van der Waals surface area contributed by atoms with Gasteiger partial charge in [0.1, 0.15) is 6.61 Å². The zero-order chi connectivity index (χ0) is 11.1. The molecule has 4 nitrogen and oxygen atoms in total. The highest BCUT2D eigenvalue weighted by Crippen LogP contribution is 2.29. The van der Waals surface area contributed by atoms with Gasteiger partial charge in [0.15, 0.2) is 0 Å². The number of cyclic esters (lactones) is 1. The number of aromatic nitrogens is 1. The third kappa shape index (κ3) is 1.26. The Morgan fingerprint density at radius 2 is 2.19 bits per heavy atom. The number of aromatic amines is 1. The maximum Gasteiger partial charge on any atom is 0.407 e. The Kier molecular flexibility index (Phi) is 1.89. The first kappa shape index (κ1) is 9.27. The predicted octanol–water partition coefficient (Wildman–Crippen LogP) is 2.26. The number of H-pyrrole nitrogens is 1. The number of nitrogens with one attached hydrogen (secondary N) is 2. The van der Waals surface area contributed by atoms with E-state index in [4.69, 9.17) is 4.74 Å². The van der Waals surface area contributed by atoms with Crippen molar-refractivity contribution >= 4 is 17.0 Å². The highest BCUT2D eigenvalue weighted by molar-refractivity contribution is 5.86. The van der Waals surface area contributed by atoms with Crippen molar-refractivity contribution in [1.82, 2.24) is 10.3 Å². The molecule has 2 N–H and O–H groups in total. The molecule has 1 aliphatic heterocycles. The second-order valence-electron chi connectivity index (χ2n) is 4.00. The van der Waals surface area contributed by atoms with E-state index < -0.39 is 0 Å². The summed E-state index contributed by atoms with van der Waals surface area (Å²) in [7, 11) is 0. The van der Waals surface area contributed by atoms with E-state index >= 15 is 0 Å². The number of hydrogen-bond donors (Lipinski definition) is 2. The van der Waals surface area contributed by atoms with E-state index in [2.05, 4.69) is 16.4 Å². The van der Waals surface area contributed by atoms with E-state index in [9.17, 15) is 4.79 Å². The second-order valence-corrected chi connectivity index (χ2v) is 4.00. The number of ether oxygens (including phenoxy) is 1. The molecule has 1 fully saturated rings. The fourth-order valence-electron chi connectivity index (χ4n) is 2.29. The largest absolute Gasteiger partial charge is 0.447 e. The van der Waals surface area contributed by atoms with Gasteiger partial charge in [-0.2, -0.15) is 0 Å². The number of carbonyl (C=O) groups is 1. The molecule has 0 saturated carbocycles. The van der Waals surface area contributed by atoms with Gasteiger partial charge in [0.25, 0.3) is 0 Å². The van der Waals surface area contributed by atoms with Crippen LogP contribution in [0.1, 0.15) is 17.3 Å². The molecule has 1 atom stereocenters. The van der Waals surface area contributed by atoms with E-state index in [0.29, 0.717) is 6.61 Å². The summed E-state index contributed by atoms with van der Waals surface area (Å²) in [4.78, 5) is 14.4. The normalized spacial score (nSPS) is 19.8. The molecule has 1 amide bonds. The van der Waals surface area contributed by atoms with Crippen LogP contribution in [0.2, 0.25) is 0 Å². The van der Waals surface area contributed by atoms with Gasteiger partial charge in [-0.15, -0.1) is 0 Å². The molecule has 0 unspecified atom stereocenters. The van der Waals surface area contributed by atoms with Crippen LogP contribution in [0.15, 0.2) is 24.3 Å². The fraction of sp³-hybridized carbons (Fsp3) is 0.250. The lowest BCUT2D eigenvalue weighted by Crippen LogP contribution is -2.18. The number of carbonyl (C=O) groups excluding carboxylic acids is 1. The topological polar surface area (TPSA) is 54.1 Å². The number of fused-ring (bicyclic) bond motifs is 1. The third-order valence-electron chi connectivity index (χ3n) is 2.97. The van der Waals surface area contributed by atoms with E-state index in [1.165, 1.54) is 0 Å². The lowest BCUT2D eigenvalue weighted by molar-refractivity contribution is 0.177. The van der Waals surface area contributed by atoms with Crippen molar-refractivity contribution in [2.45, 2.75) is 13.0 Å². The summed E-state index contributed by atoms with van der Waals surface area (Å²) in [6.45, 7) is 2.42. The molecule has 1 aromatic carbocycles. The molecule has 1 aliphatic rings. The highest BCUT2D eigenvalue weighted by Gasteiger charge is 2.27. The molecule has 82 valence electrons. The average molecular weight is 216 g/mol. The minimum atomic E-state index is -0.338. The molecule has 2 aromatic rings. The number of alkyl carbamates (subject to hydrolysis) is 1. The van der Waals surface area contributed by atoms with Crippen LogP contribution in [0.5, 0.6) is 0 Å². The fourth-order valence-corrected chi connectivity index (χ4v) is 2.29. The van der Waals surface area contributed by atoms with Crippen LogP contribution in [-0.4, -0.2) is 17.7 Å². The minimum Gasteiger partial charge on any atom is -0.447 e. The molecule has 1 saturated heterocycles. The van der Waals surface area contributed by atoms with Gasteiger partial charge in [-0.25, -0.2) is 4.79 Å². The summed E-state index contributed by atoms with van der Waals surface area (Å²) in [6, 6.07) is 8.04. The number of hydrogen-bond acceptors (Lipinski definition) is 2. The van der Waals surface area contributed by atoms with Crippen LogP contribution in [0.25, 0.3) is 10.9 Å². The summed E-state index contributed by atoms with van der Waals surface area (Å²) >= 11 is 0. The van der Waals surface area contributed by atoms with E-state index in [0.717, 1.165) is 22.2 Å². The zero-order valence-electron chi connectivity index (χ0n) is 8.91. The van der Waals surface area contributed by atoms with Crippen molar-refractivity contribution in [3.8, 4) is 0 Å². The maximum atomic E-state index is 11.1. The molecule has 0 spiro atoms. The van der Waals surface area contributed by atoms with Crippen molar-refractivity contribution in [1.29, 1.82) is 0 Å². The Morgan fingerprint density at radius 3 is 2.94 bits per heavy atom. The second kappa shape index (κ2) is 3.27. The Bertz CT molecular complexity index is 559. The highest BCUT2D eigenvalue weighted by atomic mass is 16.6. The van der Waals surface area contributed by atoms with Crippen LogP contribution in [-0.2, 0) is 4.74 Å². The number of amides is 1. The smallest absolute Gasteiger partial charge is 0.407 e. The lowest BCUT2D eigenvalue weighted by atomic mass is 10.0. The van der Waals surface area contributed by atoms with Gasteiger partial charge in [0, 0.05) is 22.2 Å². The SMILES string of the molecule is Cc1[nH]c2ccccc2c1[C@H]1COC(=O)N1. The molecule has 0 radical (unpaired) electrons. The quantitative estimate of drug-likeness (QED) is 0.768. The van der Waals surface area contributed by atoms with Crippen LogP contribution < -0.4 is 5.32 Å². The van der Waals surface area contributed by atoms with Gasteiger partial charge >= 0.3 is 6.09 Å². The minimum absolute atomic E-state index is 0.0383. The maximum absolute atomic E-state index is 11.1. The first-order valence-electron chi connectivity index (χ1n) is 5.26. The third-order valence-corrected chi connectivity index (χ3v) is 2.97. The number of para-hydroxylation sites is 1. The van der Waals surface area contributed by atoms with Crippen molar-refractivity contribution < 1.29 is 9.53 Å². The first-order chi connectivity index (χ1) is 7.75. The molecular weight excluding hydrogens is 204 g/mol. The van der Waals surface area contributed by atoms with E-state index in [1.54, 1.807) is 0 Å². The molecule has 4 heteroatoms. The van der Waals surface area contributed by atoms with Crippen LogP contribution in [0, 0.1) is 6.92 Å². The molecule has 3 rings (SSSR count). The Labute approximate surface area is 92.6 Å². The van der Waals surface area contributed by atoms with Crippen molar-refractivity contribution in [2.75, 3.05) is 6.61 Å². The van der Waals surface area contributed by atoms with Crippen LogP contribution in [0.4, 0.5) is 4.79 Å². The Hall–Kier alpha value is -1.97. The van der Waals surface area contributed by atoms with Gasteiger partial charge in [0.05, 0.1) is 6.04 Å². The van der Waals surface area contributed by atoms with Crippen LogP contribution >= 0.6 is 0 Å². The molecule has 1 aromatic heterocycles. The zero-order valence-corrected chi connectivity index (χ0v) is 8.91. The molecule has 0 aliphatic carbocycles. The van der Waals surface area contributed by atoms with E-state index in [-0.39, 0.29) is 12.1 Å².